The molecule has 5 aliphatic rings. The molecule has 9 rings (SSSR count). The molecule has 10 atom stereocenters. The van der Waals surface area contributed by atoms with Crippen molar-refractivity contribution in [2.24, 2.45) is 11.8 Å². The van der Waals surface area contributed by atoms with Crippen molar-refractivity contribution in [3.05, 3.63) is 71.6 Å². The second kappa shape index (κ2) is 17.4. The van der Waals surface area contributed by atoms with E-state index in [0.717, 1.165) is 92.0 Å². The zero-order valence-electron chi connectivity index (χ0n) is 36.8. The van der Waals surface area contributed by atoms with Crippen molar-refractivity contribution in [3.63, 3.8) is 0 Å². The van der Waals surface area contributed by atoms with Crippen molar-refractivity contribution >= 4 is 24.0 Å². The molecule has 2 saturated carbocycles. The van der Waals surface area contributed by atoms with Crippen LogP contribution in [0.5, 0.6) is 0 Å². The minimum absolute atomic E-state index is 0.0692. The van der Waals surface area contributed by atoms with E-state index < -0.39 is 36.5 Å². The van der Waals surface area contributed by atoms with E-state index in [2.05, 4.69) is 57.0 Å². The van der Waals surface area contributed by atoms with Gasteiger partial charge in [0.05, 0.1) is 62.3 Å². The van der Waals surface area contributed by atoms with Gasteiger partial charge in [0.25, 0.3) is 0 Å². The third kappa shape index (κ3) is 7.74. The van der Waals surface area contributed by atoms with E-state index in [1.165, 1.54) is 50.7 Å². The number of rotatable bonds is 12. The van der Waals surface area contributed by atoms with E-state index in [1.807, 2.05) is 22.2 Å². The van der Waals surface area contributed by atoms with Crippen molar-refractivity contribution in [2.75, 3.05) is 28.4 Å². The van der Waals surface area contributed by atoms with Crippen LogP contribution in [0.4, 0.5) is 9.59 Å². The molecule has 63 heavy (non-hydrogen) atoms. The number of alkyl carbamates (subject to hydrolysis) is 2. The Hall–Kier alpha value is -5.74. The summed E-state index contributed by atoms with van der Waals surface area (Å²) in [5, 5.41) is 5.43. The van der Waals surface area contributed by atoms with Gasteiger partial charge in [-0.05, 0) is 116 Å². The zero-order chi connectivity index (χ0) is 44.1. The van der Waals surface area contributed by atoms with E-state index in [0.29, 0.717) is 11.8 Å². The van der Waals surface area contributed by atoms with Gasteiger partial charge < -0.3 is 49.3 Å². The van der Waals surface area contributed by atoms with Crippen molar-refractivity contribution in [1.82, 2.24) is 40.4 Å². The van der Waals surface area contributed by atoms with Crippen LogP contribution in [0.15, 0.2) is 48.8 Å². The first-order valence-electron chi connectivity index (χ1n) is 22.3. The summed E-state index contributed by atoms with van der Waals surface area (Å²) in [6, 6.07) is 10.8. The fourth-order valence-corrected chi connectivity index (χ4v) is 11.3. The zero-order valence-corrected chi connectivity index (χ0v) is 36.8. The van der Waals surface area contributed by atoms with Gasteiger partial charge in [0, 0.05) is 26.3 Å². The number of benzene rings is 2. The van der Waals surface area contributed by atoms with Gasteiger partial charge in [0.1, 0.15) is 23.7 Å². The fourth-order valence-electron chi connectivity index (χ4n) is 11.3. The number of hydrogen-bond donors (Lipinski definition) is 4. The maximum atomic E-state index is 14.3. The van der Waals surface area contributed by atoms with Crippen LogP contribution in [-0.4, -0.2) is 119 Å². The summed E-state index contributed by atoms with van der Waals surface area (Å²) in [5.41, 5.74) is 8.58. The lowest BCUT2D eigenvalue weighted by Gasteiger charge is -2.34. The summed E-state index contributed by atoms with van der Waals surface area (Å²) < 4.78 is 20.8. The van der Waals surface area contributed by atoms with E-state index in [1.54, 1.807) is 13.8 Å². The average Bonchev–Trinajstić information content (AvgIpc) is 4.16. The maximum Gasteiger partial charge on any atom is 0.407 e. The molecule has 2 aromatic carbocycles. The van der Waals surface area contributed by atoms with Gasteiger partial charge in [0.2, 0.25) is 11.8 Å². The van der Waals surface area contributed by atoms with Gasteiger partial charge in [-0.1, -0.05) is 37.1 Å². The van der Waals surface area contributed by atoms with Crippen LogP contribution >= 0.6 is 0 Å². The summed E-state index contributed by atoms with van der Waals surface area (Å²) in [5.74, 6) is 1.81. The number of carbonyl (C=O) groups excluding carboxylic acids is 4. The predicted octanol–water partition coefficient (Wildman–Crippen LogP) is 6.44. The first-order chi connectivity index (χ1) is 30.5. The third-order valence-electron chi connectivity index (χ3n) is 14.6. The molecule has 4 amide bonds. The Morgan fingerprint density at radius 1 is 0.651 bits per heavy atom. The number of fused-ring (bicyclic) bond motifs is 5. The Balaban J connectivity index is 0.925. The summed E-state index contributed by atoms with van der Waals surface area (Å²) in [6.07, 6.45) is 9.64. The predicted molar refractivity (Wildman–Crippen MR) is 232 cm³/mol. The van der Waals surface area contributed by atoms with Crippen molar-refractivity contribution in [2.45, 2.75) is 120 Å². The molecule has 0 bridgehead atoms. The number of carbonyl (C=O) groups is 4. The Bertz CT molecular complexity index is 2220. The lowest BCUT2D eigenvalue weighted by molar-refractivity contribution is -0.140. The van der Waals surface area contributed by atoms with Crippen molar-refractivity contribution < 1.29 is 38.1 Å². The molecule has 2 aliphatic heterocycles. The number of aromatic nitrogens is 4. The number of aromatic amines is 2. The summed E-state index contributed by atoms with van der Waals surface area (Å²) in [7, 11) is 5.63. The molecule has 0 spiro atoms. The number of H-pyrrole nitrogens is 2. The first-order valence-corrected chi connectivity index (χ1v) is 22.3. The van der Waals surface area contributed by atoms with Gasteiger partial charge in [-0.3, -0.25) is 9.59 Å². The lowest BCUT2D eigenvalue weighted by Crippen LogP contribution is -2.55. The Kier molecular flexibility index (Phi) is 11.8. The second-order valence-corrected chi connectivity index (χ2v) is 17.9. The standard InChI is InChI=1S/C47H58N8O8/c1-24(60-3)40(52-46(58)62-5)44(56)54-36-11-7-9-28(36)20-38(54)42-48-22-34(50-42)26-13-15-32-30(17-26)19-31-18-27(14-16-33(31)32)35-23-49-43(51-35)39-21-29-10-8-12-37(29)55(39)45(57)41(25(2)61-4)53-47(59)63-6/h13-18,22-25,28-29,36-41H,7-12,19-21H2,1-6H3,(H,48,50)(H,49,51)(H,52,58)(H,53,59)/t24-,25-,28+,29+,36+,37+,38+,39+,40+,41+/m1/s1. The van der Waals surface area contributed by atoms with E-state index in [4.69, 9.17) is 28.9 Å². The van der Waals surface area contributed by atoms with Crippen LogP contribution in [0.25, 0.3) is 33.6 Å². The van der Waals surface area contributed by atoms with Gasteiger partial charge in [-0.15, -0.1) is 0 Å². The molecule has 2 aromatic heterocycles. The minimum Gasteiger partial charge on any atom is -0.453 e. The van der Waals surface area contributed by atoms with E-state index >= 15 is 0 Å². The number of imidazole rings is 2. The quantitative estimate of drug-likeness (QED) is 0.109. The van der Waals surface area contributed by atoms with Crippen LogP contribution in [0.3, 0.4) is 0 Å². The molecule has 2 saturated heterocycles. The molecular formula is C47H58N8O8. The highest BCUT2D eigenvalue weighted by atomic mass is 16.5. The van der Waals surface area contributed by atoms with Crippen LogP contribution in [0, 0.1) is 11.8 Å². The highest BCUT2D eigenvalue weighted by molar-refractivity contribution is 5.88. The van der Waals surface area contributed by atoms with Crippen LogP contribution < -0.4 is 10.6 Å². The SMILES string of the molecule is COC(=O)N[C@H](C(=O)N1[C@H](c2ncc(-c3ccc4c(c3)Cc3cc(-c5cnc([C@@H]6C[C@@H]7CCC[C@@H]7N6C(=O)[C@@H](NC(=O)OC)[C@@H](C)OC)[nH]5)ccc3-4)[nH]2)C[C@@H]2CCC[C@@H]21)[C@@H](C)OC. The second-order valence-electron chi connectivity index (χ2n) is 17.9. The van der Waals surface area contributed by atoms with Crippen LogP contribution in [-0.2, 0) is 35.0 Å². The molecule has 16 heteroatoms. The Labute approximate surface area is 367 Å². The molecule has 0 radical (unpaired) electrons. The smallest absolute Gasteiger partial charge is 0.407 e. The van der Waals surface area contributed by atoms with Crippen LogP contribution in [0.2, 0.25) is 0 Å². The molecule has 334 valence electrons. The number of likely N-dealkylation sites (tertiary alicyclic amines) is 2. The molecule has 4 heterocycles. The number of hydrogen-bond acceptors (Lipinski definition) is 10. The number of amides is 4. The molecule has 0 unspecified atom stereocenters. The topological polar surface area (TPSA) is 193 Å². The normalized spacial score (nSPS) is 25.1. The van der Waals surface area contributed by atoms with Gasteiger partial charge in [-0.2, -0.15) is 0 Å². The van der Waals surface area contributed by atoms with Crippen molar-refractivity contribution in [1.29, 1.82) is 0 Å². The minimum atomic E-state index is -0.900. The fraction of sp³-hybridized carbons (Fsp3) is 0.532. The molecule has 4 fully saturated rings. The van der Waals surface area contributed by atoms with Gasteiger partial charge >= 0.3 is 12.2 Å². The summed E-state index contributed by atoms with van der Waals surface area (Å²) >= 11 is 0. The molecule has 3 aliphatic carbocycles. The molecule has 4 N–H and O–H groups in total. The number of methoxy groups -OCH3 is 4. The van der Waals surface area contributed by atoms with Gasteiger partial charge in [0.15, 0.2) is 0 Å². The highest BCUT2D eigenvalue weighted by Crippen LogP contribution is 2.49. The maximum absolute atomic E-state index is 14.3. The average molecular weight is 863 g/mol. The summed E-state index contributed by atoms with van der Waals surface area (Å²) in [6.45, 7) is 3.55. The summed E-state index contributed by atoms with van der Waals surface area (Å²) in [4.78, 5) is 73.9. The number of nitrogens with one attached hydrogen (secondary N) is 4. The van der Waals surface area contributed by atoms with E-state index in [-0.39, 0.29) is 36.0 Å². The largest absolute Gasteiger partial charge is 0.453 e. The monoisotopic (exact) mass is 862 g/mol. The highest BCUT2D eigenvalue weighted by Gasteiger charge is 2.51. The first kappa shape index (κ1) is 42.6. The van der Waals surface area contributed by atoms with E-state index in [9.17, 15) is 19.2 Å². The Morgan fingerprint density at radius 3 is 1.48 bits per heavy atom. The third-order valence-corrected chi connectivity index (χ3v) is 14.6. The molecule has 16 nitrogen and oxygen atoms in total. The van der Waals surface area contributed by atoms with Crippen LogP contribution in [0.1, 0.15) is 100 Å². The van der Waals surface area contributed by atoms with Crippen molar-refractivity contribution in [3.8, 4) is 33.6 Å². The van der Waals surface area contributed by atoms with Gasteiger partial charge in [-0.25, -0.2) is 19.6 Å². The molecule has 4 aromatic rings. The number of nitrogens with zero attached hydrogens (tertiary/aromatic N) is 4. The lowest BCUT2D eigenvalue weighted by atomic mass is 10.0. The number of ether oxygens (including phenoxy) is 4. The molecular weight excluding hydrogens is 805 g/mol. The Morgan fingerprint density at radius 2 is 1.08 bits per heavy atom.